The highest BCUT2D eigenvalue weighted by molar-refractivity contribution is 7.98. The van der Waals surface area contributed by atoms with Gasteiger partial charge in [-0.25, -0.2) is 14.8 Å². The number of methoxy groups -OCH3 is 1. The number of carbonyl (C=O) groups excluding carboxylic acids is 1. The van der Waals surface area contributed by atoms with Crippen LogP contribution in [-0.4, -0.2) is 46.1 Å². The number of oxazole rings is 1. The summed E-state index contributed by atoms with van der Waals surface area (Å²) < 4.78 is 10.2. The Morgan fingerprint density at radius 1 is 1.38 bits per heavy atom. The predicted molar refractivity (Wildman–Crippen MR) is 81.5 cm³/mol. The van der Waals surface area contributed by atoms with E-state index >= 15 is 0 Å². The van der Waals surface area contributed by atoms with Crippen LogP contribution in [0.4, 0.5) is 5.82 Å². The first-order chi connectivity index (χ1) is 10.0. The van der Waals surface area contributed by atoms with Crippen molar-refractivity contribution in [2.75, 3.05) is 24.4 Å². The minimum absolute atomic E-state index is 0.325. The third kappa shape index (κ3) is 3.63. The quantitative estimate of drug-likeness (QED) is 0.810. The number of rotatable bonds is 6. The van der Waals surface area contributed by atoms with Crippen molar-refractivity contribution in [3.05, 3.63) is 11.7 Å². The molecule has 0 aromatic carbocycles. The Bertz CT molecular complexity index is 644. The van der Waals surface area contributed by atoms with Gasteiger partial charge in [0.05, 0.1) is 7.11 Å². The molecule has 21 heavy (non-hydrogen) atoms. The van der Waals surface area contributed by atoms with Crippen molar-refractivity contribution in [1.29, 1.82) is 0 Å². The van der Waals surface area contributed by atoms with E-state index in [1.807, 2.05) is 6.26 Å². The fourth-order valence-corrected chi connectivity index (χ4v) is 2.40. The molecule has 0 aliphatic carbocycles. The van der Waals surface area contributed by atoms with Crippen LogP contribution in [0.15, 0.2) is 4.42 Å². The van der Waals surface area contributed by atoms with Gasteiger partial charge in [-0.1, -0.05) is 0 Å². The Kier molecular flexibility index (Phi) is 5.00. The third-order valence-electron chi connectivity index (χ3n) is 2.88. The van der Waals surface area contributed by atoms with Crippen LogP contribution in [0.25, 0.3) is 11.2 Å². The van der Waals surface area contributed by atoms with E-state index in [4.69, 9.17) is 9.15 Å². The maximum Gasteiger partial charge on any atom is 0.328 e. The second kappa shape index (κ2) is 6.75. The van der Waals surface area contributed by atoms with Crippen LogP contribution in [0, 0.1) is 13.8 Å². The smallest absolute Gasteiger partial charge is 0.328 e. The number of hydrogen-bond donors (Lipinski definition) is 1. The molecule has 2 aromatic rings. The summed E-state index contributed by atoms with van der Waals surface area (Å²) in [5.74, 6) is 2.05. The first kappa shape index (κ1) is 15.6. The number of ether oxygens (including phenoxy) is 1. The summed E-state index contributed by atoms with van der Waals surface area (Å²) in [5, 5.41) is 3.10. The molecule has 1 atom stereocenters. The van der Waals surface area contributed by atoms with Gasteiger partial charge in [0.25, 0.3) is 5.71 Å². The van der Waals surface area contributed by atoms with Gasteiger partial charge >= 0.3 is 5.97 Å². The van der Waals surface area contributed by atoms with Gasteiger partial charge in [-0.05, 0) is 25.4 Å². The van der Waals surface area contributed by atoms with Crippen LogP contribution in [0.5, 0.6) is 0 Å². The van der Waals surface area contributed by atoms with Crippen LogP contribution in [0.2, 0.25) is 0 Å². The summed E-state index contributed by atoms with van der Waals surface area (Å²) >= 11 is 1.66. The monoisotopic (exact) mass is 310 g/mol. The average molecular weight is 310 g/mol. The van der Waals surface area contributed by atoms with Crippen molar-refractivity contribution in [1.82, 2.24) is 15.0 Å². The standard InChI is InChI=1S/C13H18N4O3S/c1-7-14-11(10-12(15-7)20-8(2)16-10)17-9(5-6-21-4)13(18)19-3/h9H,5-6H2,1-4H3,(H,14,15,17). The number of carbonyl (C=O) groups is 1. The summed E-state index contributed by atoms with van der Waals surface area (Å²) in [6.45, 7) is 3.50. The maximum atomic E-state index is 11.9. The molecule has 0 aliphatic heterocycles. The first-order valence-corrected chi connectivity index (χ1v) is 7.89. The van der Waals surface area contributed by atoms with Crippen LogP contribution >= 0.6 is 11.8 Å². The largest absolute Gasteiger partial charge is 0.467 e. The van der Waals surface area contributed by atoms with Crippen molar-refractivity contribution < 1.29 is 13.9 Å². The van der Waals surface area contributed by atoms with Gasteiger partial charge in [0.15, 0.2) is 17.2 Å². The van der Waals surface area contributed by atoms with Crippen LogP contribution in [0.1, 0.15) is 18.1 Å². The van der Waals surface area contributed by atoms with Gasteiger partial charge in [0.1, 0.15) is 11.9 Å². The van der Waals surface area contributed by atoms with E-state index in [0.29, 0.717) is 35.2 Å². The van der Waals surface area contributed by atoms with E-state index in [1.54, 1.807) is 25.6 Å². The zero-order chi connectivity index (χ0) is 15.4. The molecule has 2 aromatic heterocycles. The molecule has 114 valence electrons. The molecule has 0 spiro atoms. The molecular formula is C13H18N4O3S. The van der Waals surface area contributed by atoms with Crippen LogP contribution in [-0.2, 0) is 9.53 Å². The molecule has 0 fully saturated rings. The number of thioether (sulfide) groups is 1. The van der Waals surface area contributed by atoms with E-state index in [2.05, 4.69) is 20.3 Å². The van der Waals surface area contributed by atoms with Gasteiger partial charge < -0.3 is 14.5 Å². The second-order valence-corrected chi connectivity index (χ2v) is 5.49. The van der Waals surface area contributed by atoms with E-state index in [1.165, 1.54) is 7.11 Å². The van der Waals surface area contributed by atoms with Crippen molar-refractivity contribution >= 4 is 34.8 Å². The number of esters is 1. The number of aryl methyl sites for hydroxylation is 2. The molecule has 7 nitrogen and oxygen atoms in total. The lowest BCUT2D eigenvalue weighted by Crippen LogP contribution is -2.32. The summed E-state index contributed by atoms with van der Waals surface area (Å²) in [6.07, 6.45) is 2.62. The van der Waals surface area contributed by atoms with Crippen LogP contribution in [0.3, 0.4) is 0 Å². The Hall–Kier alpha value is -1.83. The second-order valence-electron chi connectivity index (χ2n) is 4.51. The van der Waals surface area contributed by atoms with Gasteiger partial charge in [-0.3, -0.25) is 0 Å². The molecule has 0 saturated heterocycles. The summed E-state index contributed by atoms with van der Waals surface area (Å²) in [5.41, 5.74) is 0.937. The van der Waals surface area contributed by atoms with Gasteiger partial charge in [-0.15, -0.1) is 0 Å². The van der Waals surface area contributed by atoms with Crippen molar-refractivity contribution in [2.45, 2.75) is 26.3 Å². The molecule has 8 heteroatoms. The lowest BCUT2D eigenvalue weighted by molar-refractivity contribution is -0.141. The number of anilines is 1. The van der Waals surface area contributed by atoms with Gasteiger partial charge in [-0.2, -0.15) is 16.7 Å². The molecule has 2 heterocycles. The van der Waals surface area contributed by atoms with Crippen molar-refractivity contribution in [2.24, 2.45) is 0 Å². The maximum absolute atomic E-state index is 11.9. The summed E-state index contributed by atoms with van der Waals surface area (Å²) in [6, 6.07) is -0.475. The molecule has 0 bridgehead atoms. The fraction of sp³-hybridized carbons (Fsp3) is 0.538. The number of nitrogens with one attached hydrogen (secondary N) is 1. The highest BCUT2D eigenvalue weighted by atomic mass is 32.2. The third-order valence-corrected chi connectivity index (χ3v) is 3.53. The molecule has 0 amide bonds. The minimum atomic E-state index is -0.475. The van der Waals surface area contributed by atoms with Crippen molar-refractivity contribution in [3.8, 4) is 0 Å². The van der Waals surface area contributed by atoms with Gasteiger partial charge in [0, 0.05) is 6.92 Å². The minimum Gasteiger partial charge on any atom is -0.467 e. The lowest BCUT2D eigenvalue weighted by Gasteiger charge is -2.16. The molecule has 0 saturated carbocycles. The Morgan fingerprint density at radius 2 is 2.14 bits per heavy atom. The first-order valence-electron chi connectivity index (χ1n) is 6.50. The Balaban J connectivity index is 2.33. The Morgan fingerprint density at radius 3 is 2.81 bits per heavy atom. The zero-order valence-corrected chi connectivity index (χ0v) is 13.3. The highest BCUT2D eigenvalue weighted by Gasteiger charge is 2.22. The highest BCUT2D eigenvalue weighted by Crippen LogP contribution is 2.22. The number of nitrogens with zero attached hydrogens (tertiary/aromatic N) is 3. The normalized spacial score (nSPS) is 12.4. The zero-order valence-electron chi connectivity index (χ0n) is 12.5. The molecular weight excluding hydrogens is 292 g/mol. The average Bonchev–Trinajstić information content (AvgIpc) is 2.82. The van der Waals surface area contributed by atoms with Gasteiger partial charge in [0.2, 0.25) is 0 Å². The molecule has 2 rings (SSSR count). The predicted octanol–water partition coefficient (Wildman–Crippen LogP) is 1.94. The van der Waals surface area contributed by atoms with E-state index in [-0.39, 0.29) is 5.97 Å². The molecule has 0 radical (unpaired) electrons. The fourth-order valence-electron chi connectivity index (χ4n) is 1.93. The number of aromatic nitrogens is 3. The SMILES string of the molecule is COC(=O)C(CCSC)Nc1nc(C)nc2oc(C)nc12. The van der Waals surface area contributed by atoms with Crippen molar-refractivity contribution in [3.63, 3.8) is 0 Å². The number of hydrogen-bond acceptors (Lipinski definition) is 8. The Labute approximate surface area is 126 Å². The van der Waals surface area contributed by atoms with E-state index in [0.717, 1.165) is 5.75 Å². The van der Waals surface area contributed by atoms with Crippen LogP contribution < -0.4 is 5.32 Å². The lowest BCUT2D eigenvalue weighted by atomic mass is 10.2. The molecule has 1 N–H and O–H groups in total. The molecule has 0 aliphatic rings. The summed E-state index contributed by atoms with van der Waals surface area (Å²) in [4.78, 5) is 24.6. The topological polar surface area (TPSA) is 90.1 Å². The van der Waals surface area contributed by atoms with E-state index in [9.17, 15) is 4.79 Å². The number of fused-ring (bicyclic) bond motifs is 1. The van der Waals surface area contributed by atoms with E-state index < -0.39 is 6.04 Å². The molecule has 1 unspecified atom stereocenters. The summed E-state index contributed by atoms with van der Waals surface area (Å²) in [7, 11) is 1.37.